The number of carbonyl (C=O) groups is 1. The van der Waals surface area contributed by atoms with Crippen LogP contribution >= 0.6 is 0 Å². The predicted molar refractivity (Wildman–Crippen MR) is 127 cm³/mol. The highest BCUT2D eigenvalue weighted by Gasteiger charge is 2.61. The molecular weight excluding hydrogens is 400 g/mol. The zero-order valence-electron chi connectivity index (χ0n) is 20.9. The molecule has 0 saturated heterocycles. The average molecular weight is 445 g/mol. The van der Waals surface area contributed by atoms with Gasteiger partial charge in [-0.15, -0.1) is 0 Å². The van der Waals surface area contributed by atoms with Crippen molar-refractivity contribution in [2.24, 2.45) is 52.3 Å². The Labute approximate surface area is 194 Å². The minimum Gasteiger partial charge on any atom is -0.509 e. The van der Waals surface area contributed by atoms with Gasteiger partial charge in [-0.3, -0.25) is 4.79 Å². The molecule has 0 aromatic heterocycles. The van der Waals surface area contributed by atoms with E-state index in [1.165, 1.54) is 6.42 Å². The lowest BCUT2D eigenvalue weighted by atomic mass is 9.47. The monoisotopic (exact) mass is 444 g/mol. The summed E-state index contributed by atoms with van der Waals surface area (Å²) in [5, 5.41) is 32.9. The van der Waals surface area contributed by atoms with Gasteiger partial charge in [0, 0.05) is 17.8 Å². The van der Waals surface area contributed by atoms with Gasteiger partial charge < -0.3 is 15.3 Å². The molecule has 3 N–H and O–H groups in total. The number of aliphatic hydroxyl groups is 3. The SMILES string of the molecule is CC(C)[C@@H](C)/C(O)=C(\O)[C@@H](C)[C@H]1CC[C@H]2C3=C(O)C(=O)C4CCCC[C@]4(C)[C@H]3CC[C@]12C. The average Bonchev–Trinajstić information content (AvgIpc) is 3.11. The van der Waals surface area contributed by atoms with E-state index in [9.17, 15) is 20.1 Å². The molecule has 0 aromatic carbocycles. The highest BCUT2D eigenvalue weighted by atomic mass is 16.3. The summed E-state index contributed by atoms with van der Waals surface area (Å²) >= 11 is 0. The van der Waals surface area contributed by atoms with Gasteiger partial charge in [-0.05, 0) is 78.6 Å². The molecule has 8 atom stereocenters. The Morgan fingerprint density at radius 1 is 0.844 bits per heavy atom. The predicted octanol–water partition coefficient (Wildman–Crippen LogP) is 7.28. The van der Waals surface area contributed by atoms with Crippen LogP contribution in [0, 0.1) is 52.3 Å². The van der Waals surface area contributed by atoms with Crippen molar-refractivity contribution in [1.82, 2.24) is 0 Å². The number of Topliss-reactive ketones (excluding diaryl/α,β-unsaturated/α-hetero) is 1. The van der Waals surface area contributed by atoms with Gasteiger partial charge in [-0.2, -0.15) is 0 Å². The van der Waals surface area contributed by atoms with E-state index in [1.54, 1.807) is 0 Å². The molecule has 0 amide bonds. The molecule has 4 nitrogen and oxygen atoms in total. The Kier molecular flexibility index (Phi) is 5.99. The van der Waals surface area contributed by atoms with Crippen LogP contribution in [0.2, 0.25) is 0 Å². The fraction of sp³-hybridized carbons (Fsp3) is 0.821. The second-order valence-corrected chi connectivity index (χ2v) is 12.4. The van der Waals surface area contributed by atoms with Crippen LogP contribution in [0.5, 0.6) is 0 Å². The van der Waals surface area contributed by atoms with Crippen molar-refractivity contribution in [3.63, 3.8) is 0 Å². The van der Waals surface area contributed by atoms with Gasteiger partial charge in [0.2, 0.25) is 5.78 Å². The number of fused-ring (bicyclic) bond motifs is 5. The summed E-state index contributed by atoms with van der Waals surface area (Å²) in [7, 11) is 0. The molecule has 0 heterocycles. The largest absolute Gasteiger partial charge is 0.509 e. The van der Waals surface area contributed by atoms with Gasteiger partial charge in [-0.25, -0.2) is 0 Å². The van der Waals surface area contributed by atoms with Crippen molar-refractivity contribution >= 4 is 5.78 Å². The summed E-state index contributed by atoms with van der Waals surface area (Å²) in [5.41, 5.74) is 0.948. The third-order valence-electron chi connectivity index (χ3n) is 10.7. The summed E-state index contributed by atoms with van der Waals surface area (Å²) in [5.74, 6) is 1.07. The molecule has 0 spiro atoms. The van der Waals surface area contributed by atoms with Crippen molar-refractivity contribution in [2.45, 2.75) is 92.9 Å². The van der Waals surface area contributed by atoms with Crippen molar-refractivity contribution in [3.05, 3.63) is 22.9 Å². The molecule has 4 aliphatic carbocycles. The summed E-state index contributed by atoms with van der Waals surface area (Å²) in [6, 6.07) is 0. The lowest BCUT2D eigenvalue weighted by Crippen LogP contribution is -2.52. The molecule has 3 saturated carbocycles. The maximum Gasteiger partial charge on any atom is 0.200 e. The summed E-state index contributed by atoms with van der Waals surface area (Å²) < 4.78 is 0. The fourth-order valence-electron chi connectivity index (χ4n) is 8.31. The summed E-state index contributed by atoms with van der Waals surface area (Å²) in [6.07, 6.45) is 8.23. The number of hydrogen-bond donors (Lipinski definition) is 3. The molecule has 32 heavy (non-hydrogen) atoms. The zero-order chi connectivity index (χ0) is 23.6. The molecule has 0 aromatic rings. The number of rotatable bonds is 4. The maximum absolute atomic E-state index is 13.3. The van der Waals surface area contributed by atoms with Crippen LogP contribution in [0.1, 0.15) is 92.9 Å². The van der Waals surface area contributed by atoms with E-state index in [2.05, 4.69) is 27.7 Å². The van der Waals surface area contributed by atoms with Gasteiger partial charge in [0.05, 0.1) is 0 Å². The van der Waals surface area contributed by atoms with Crippen LogP contribution in [0.15, 0.2) is 22.9 Å². The van der Waals surface area contributed by atoms with E-state index in [0.29, 0.717) is 5.92 Å². The molecule has 3 fully saturated rings. The van der Waals surface area contributed by atoms with Crippen LogP contribution in [-0.2, 0) is 4.79 Å². The van der Waals surface area contributed by atoms with Crippen LogP contribution in [0.3, 0.4) is 0 Å². The molecule has 180 valence electrons. The van der Waals surface area contributed by atoms with Gasteiger partial charge >= 0.3 is 0 Å². The number of allylic oxidation sites excluding steroid dienone is 4. The Morgan fingerprint density at radius 2 is 1.50 bits per heavy atom. The fourth-order valence-corrected chi connectivity index (χ4v) is 8.31. The standard InChI is InChI=1S/C28H44O4/c1-15(2)16(3)23(29)24(30)17(4)18-10-11-19-22-20(12-14-28(18,19)6)27(5)13-8-7-9-21(27)25(31)26(22)32/h15-21,29-30,32H,7-14H2,1-6H3/b24-23+/t16-,17+,18-,19+,20+,21?,27-,28-/m1/s1. The quantitative estimate of drug-likeness (QED) is 0.398. The summed E-state index contributed by atoms with van der Waals surface area (Å²) in [4.78, 5) is 13.3. The first-order valence-electron chi connectivity index (χ1n) is 13.0. The van der Waals surface area contributed by atoms with E-state index in [-0.39, 0.29) is 69.4 Å². The third kappa shape index (κ3) is 3.26. The van der Waals surface area contributed by atoms with Crippen molar-refractivity contribution in [1.29, 1.82) is 0 Å². The first-order chi connectivity index (χ1) is 14.9. The molecule has 4 heteroatoms. The maximum atomic E-state index is 13.3. The highest BCUT2D eigenvalue weighted by Crippen LogP contribution is 2.67. The first-order valence-corrected chi connectivity index (χ1v) is 13.0. The normalized spacial score (nSPS) is 42.2. The zero-order valence-corrected chi connectivity index (χ0v) is 20.9. The lowest BCUT2D eigenvalue weighted by Gasteiger charge is -2.56. The Morgan fingerprint density at radius 3 is 2.16 bits per heavy atom. The van der Waals surface area contributed by atoms with Gasteiger partial charge in [0.15, 0.2) is 5.76 Å². The topological polar surface area (TPSA) is 77.8 Å². The van der Waals surface area contributed by atoms with Gasteiger partial charge in [0.25, 0.3) is 0 Å². The molecule has 1 unspecified atom stereocenters. The van der Waals surface area contributed by atoms with E-state index in [4.69, 9.17) is 0 Å². The van der Waals surface area contributed by atoms with Crippen molar-refractivity contribution in [3.8, 4) is 0 Å². The van der Waals surface area contributed by atoms with Gasteiger partial charge in [0.1, 0.15) is 11.5 Å². The molecule has 0 radical (unpaired) electrons. The van der Waals surface area contributed by atoms with E-state index in [1.807, 2.05) is 13.8 Å². The Balaban J connectivity index is 1.68. The first kappa shape index (κ1) is 23.7. The summed E-state index contributed by atoms with van der Waals surface area (Å²) in [6.45, 7) is 12.7. The van der Waals surface area contributed by atoms with Crippen LogP contribution < -0.4 is 0 Å². The Bertz CT molecular complexity index is 838. The molecular formula is C28H44O4. The van der Waals surface area contributed by atoms with Crippen molar-refractivity contribution < 1.29 is 20.1 Å². The minimum atomic E-state index is -0.136. The van der Waals surface area contributed by atoms with E-state index in [0.717, 1.165) is 50.5 Å². The number of carbonyl (C=O) groups excluding carboxylic acids is 1. The van der Waals surface area contributed by atoms with Crippen LogP contribution in [-0.4, -0.2) is 21.1 Å². The molecule has 4 aliphatic rings. The highest BCUT2D eigenvalue weighted by molar-refractivity contribution is 5.97. The molecule has 4 rings (SSSR count). The minimum absolute atomic E-state index is 0.00894. The number of ketones is 1. The second-order valence-electron chi connectivity index (χ2n) is 12.4. The Hall–Kier alpha value is -1.45. The smallest absolute Gasteiger partial charge is 0.200 e. The molecule has 0 aliphatic heterocycles. The second kappa shape index (κ2) is 8.09. The number of hydrogen-bond acceptors (Lipinski definition) is 4. The number of aliphatic hydroxyl groups excluding tert-OH is 3. The third-order valence-corrected chi connectivity index (χ3v) is 10.7. The molecule has 0 bridgehead atoms. The van der Waals surface area contributed by atoms with Gasteiger partial charge in [-0.1, -0.05) is 54.4 Å². The van der Waals surface area contributed by atoms with Crippen molar-refractivity contribution in [2.75, 3.05) is 0 Å². The van der Waals surface area contributed by atoms with Crippen LogP contribution in [0.25, 0.3) is 0 Å². The van der Waals surface area contributed by atoms with Crippen LogP contribution in [0.4, 0.5) is 0 Å². The van der Waals surface area contributed by atoms with E-state index < -0.39 is 0 Å². The van der Waals surface area contributed by atoms with E-state index >= 15 is 0 Å². The lowest BCUT2D eigenvalue weighted by molar-refractivity contribution is -0.133.